The van der Waals surface area contributed by atoms with E-state index in [0.717, 1.165) is 6.67 Å². The van der Waals surface area contributed by atoms with Crippen molar-refractivity contribution < 1.29 is 0 Å². The van der Waals surface area contributed by atoms with Crippen molar-refractivity contribution in [2.24, 2.45) is 0 Å². The number of nitrogens with zero attached hydrogens (tertiary/aromatic N) is 2. The highest BCUT2D eigenvalue weighted by Gasteiger charge is 2.06. The molecular formula is C10H37Al5Cl2N2. The summed E-state index contributed by atoms with van der Waals surface area (Å²) in [4.78, 5) is 4.58. The minimum absolute atomic E-state index is 0. The molecule has 0 radical (unpaired) electrons. The molecule has 0 aromatic rings. The number of hydrogen-bond acceptors (Lipinski definition) is 2. The van der Waals surface area contributed by atoms with E-state index < -0.39 is 0 Å². The summed E-state index contributed by atoms with van der Waals surface area (Å²) in [5.74, 6) is 0. The second-order valence-electron chi connectivity index (χ2n) is 3.57. The quantitative estimate of drug-likeness (QED) is 0.368. The Morgan fingerprint density at radius 1 is 0.842 bits per heavy atom. The van der Waals surface area contributed by atoms with Gasteiger partial charge in [-0.05, 0) is 6.42 Å². The van der Waals surface area contributed by atoms with Crippen molar-refractivity contribution in [1.82, 2.24) is 9.80 Å². The van der Waals surface area contributed by atoms with Gasteiger partial charge in [0.2, 0.25) is 0 Å². The highest BCUT2D eigenvalue weighted by Crippen LogP contribution is 2.06. The van der Waals surface area contributed by atoms with E-state index in [4.69, 9.17) is 0 Å². The van der Waals surface area contributed by atoms with Crippen LogP contribution in [0, 0.1) is 0 Å². The molecule has 0 amide bonds. The lowest BCUT2D eigenvalue weighted by molar-refractivity contribution is 0.291. The monoisotopic (exact) mass is 390 g/mol. The maximum absolute atomic E-state index is 2.37. The number of unbranched alkanes of at least 4 members (excludes halogenated alkanes) is 3. The van der Waals surface area contributed by atoms with Gasteiger partial charge >= 0.3 is 0 Å². The van der Waals surface area contributed by atoms with Gasteiger partial charge in [-0.15, -0.1) is 24.8 Å². The smallest absolute Gasteiger partial charge is 0.187 e. The molecule has 0 saturated heterocycles. The Labute approximate surface area is 185 Å². The highest BCUT2D eigenvalue weighted by molar-refractivity contribution is 5.85. The van der Waals surface area contributed by atoms with Gasteiger partial charge in [0.05, 0.1) is 6.67 Å². The predicted octanol–water partition coefficient (Wildman–Crippen LogP) is -2.83. The van der Waals surface area contributed by atoms with E-state index in [9.17, 15) is 0 Å². The van der Waals surface area contributed by atoms with Crippen molar-refractivity contribution in [1.29, 1.82) is 0 Å². The van der Waals surface area contributed by atoms with Crippen LogP contribution >= 0.6 is 24.8 Å². The Kier molecular flexibility index (Phi) is 65.0. The van der Waals surface area contributed by atoms with Gasteiger partial charge in [0.1, 0.15) is 0 Å². The zero-order valence-electron chi connectivity index (χ0n) is 9.11. The van der Waals surface area contributed by atoms with Crippen molar-refractivity contribution in [2.45, 2.75) is 32.6 Å². The van der Waals surface area contributed by atoms with Crippen LogP contribution in [-0.4, -0.2) is 117 Å². The molecule has 0 aromatic carbocycles. The second-order valence-corrected chi connectivity index (χ2v) is 3.57. The Hall–Kier alpha value is 2.58. The fourth-order valence-electron chi connectivity index (χ4n) is 1.48. The minimum Gasteiger partial charge on any atom is -0.362 e. The molecule has 0 bridgehead atoms. The second kappa shape index (κ2) is 28.7. The van der Waals surface area contributed by atoms with Crippen LogP contribution in [0.1, 0.15) is 32.6 Å². The summed E-state index contributed by atoms with van der Waals surface area (Å²) in [6.45, 7) is 4.55. The van der Waals surface area contributed by atoms with Crippen LogP contribution in [-0.2, 0) is 0 Å². The van der Waals surface area contributed by atoms with Crippen LogP contribution in [0.2, 0.25) is 0 Å². The number of hydrogen-bond donors (Lipinski definition) is 0. The summed E-state index contributed by atoms with van der Waals surface area (Å²) in [6, 6.07) is 0. The zero-order valence-corrected chi connectivity index (χ0v) is 10.7. The summed E-state index contributed by atoms with van der Waals surface area (Å²) in [7, 11) is 2.11. The Bertz CT molecular complexity index is 167. The van der Waals surface area contributed by atoms with Gasteiger partial charge in [-0.2, -0.15) is 0 Å². The first kappa shape index (κ1) is 43.0. The molecule has 0 aliphatic carbocycles. The molecule has 19 heavy (non-hydrogen) atoms. The van der Waals surface area contributed by atoms with Gasteiger partial charge in [0.15, 0.2) is 86.8 Å². The van der Waals surface area contributed by atoms with Crippen LogP contribution in [0.15, 0.2) is 12.4 Å². The van der Waals surface area contributed by atoms with Crippen LogP contribution in [0.3, 0.4) is 0 Å². The summed E-state index contributed by atoms with van der Waals surface area (Å²) in [5, 5.41) is 0. The Morgan fingerprint density at radius 2 is 1.37 bits per heavy atom. The minimum atomic E-state index is 0. The van der Waals surface area contributed by atoms with Gasteiger partial charge in [-0.25, -0.2) is 0 Å². The third kappa shape index (κ3) is 23.0. The van der Waals surface area contributed by atoms with Crippen LogP contribution in [0.5, 0.6) is 0 Å². The SMILES string of the molecule is CCCCCCN1C=CN(C)C1.Cl.Cl.[AlH3].[AlH3].[AlH3].[AlH3].[AlH3]. The zero-order chi connectivity index (χ0) is 8.81. The molecule has 116 valence electrons. The standard InChI is InChI=1S/C10H20N2.5Al.2ClH.15H/c1-3-4-5-6-7-12-9-8-11(2)10-12;;;;;;;;;;;;;;;;;;;;;;/h8-9H,3-7,10H2,1-2H3;;;;;;2*1H;;;;;;;;;;;;;;;. The van der Waals surface area contributed by atoms with E-state index in [-0.39, 0.29) is 112 Å². The molecule has 0 saturated carbocycles. The summed E-state index contributed by atoms with van der Waals surface area (Å²) in [6.07, 6.45) is 9.76. The van der Waals surface area contributed by atoms with E-state index in [0.29, 0.717) is 0 Å². The lowest BCUT2D eigenvalue weighted by atomic mass is 10.2. The molecule has 0 spiro atoms. The van der Waals surface area contributed by atoms with E-state index in [1.807, 2.05) is 0 Å². The summed E-state index contributed by atoms with van der Waals surface area (Å²) >= 11 is 0. The third-order valence-electron chi connectivity index (χ3n) is 2.24. The van der Waals surface area contributed by atoms with Crippen molar-refractivity contribution in [2.75, 3.05) is 20.3 Å². The van der Waals surface area contributed by atoms with Crippen molar-refractivity contribution in [3.05, 3.63) is 12.4 Å². The maximum atomic E-state index is 2.37. The first-order chi connectivity index (χ1) is 5.83. The van der Waals surface area contributed by atoms with E-state index in [2.05, 4.69) is 36.2 Å². The molecule has 0 unspecified atom stereocenters. The molecule has 1 aliphatic rings. The third-order valence-corrected chi connectivity index (χ3v) is 2.24. The average Bonchev–Trinajstić information content (AvgIpc) is 2.45. The first-order valence-corrected chi connectivity index (χ1v) is 4.95. The largest absolute Gasteiger partial charge is 0.362 e. The van der Waals surface area contributed by atoms with Gasteiger partial charge in [0.25, 0.3) is 0 Å². The fourth-order valence-corrected chi connectivity index (χ4v) is 1.48. The molecule has 0 fully saturated rings. The Balaban J connectivity index is -0.0000000411. The lowest BCUT2D eigenvalue weighted by Gasteiger charge is -2.17. The van der Waals surface area contributed by atoms with Gasteiger partial charge in [0, 0.05) is 26.0 Å². The van der Waals surface area contributed by atoms with Gasteiger partial charge in [-0.3, -0.25) is 0 Å². The summed E-state index contributed by atoms with van der Waals surface area (Å²) < 4.78 is 0. The highest BCUT2D eigenvalue weighted by atomic mass is 35.5. The first-order valence-electron chi connectivity index (χ1n) is 4.95. The number of halogens is 2. The molecular weight excluding hydrogens is 354 g/mol. The molecule has 0 atom stereocenters. The Morgan fingerprint density at radius 3 is 1.74 bits per heavy atom. The molecule has 1 aliphatic heterocycles. The van der Waals surface area contributed by atoms with Crippen LogP contribution in [0.4, 0.5) is 0 Å². The van der Waals surface area contributed by atoms with Gasteiger partial charge < -0.3 is 9.80 Å². The van der Waals surface area contributed by atoms with E-state index in [1.165, 1.54) is 32.2 Å². The normalized spacial score (nSPS) is 10.2. The topological polar surface area (TPSA) is 6.48 Å². The maximum Gasteiger partial charge on any atom is 0.187 e. The number of rotatable bonds is 5. The molecule has 2 nitrogen and oxygen atoms in total. The van der Waals surface area contributed by atoms with E-state index in [1.54, 1.807) is 0 Å². The van der Waals surface area contributed by atoms with Crippen molar-refractivity contribution in [3.8, 4) is 0 Å². The molecule has 1 heterocycles. The van der Waals surface area contributed by atoms with Crippen LogP contribution in [0.25, 0.3) is 0 Å². The molecule has 9 heteroatoms. The molecule has 1 rings (SSSR count). The summed E-state index contributed by atoms with van der Waals surface area (Å²) in [5.41, 5.74) is 0. The molecule has 0 aromatic heterocycles. The fraction of sp³-hybridized carbons (Fsp3) is 0.800. The van der Waals surface area contributed by atoms with Crippen LogP contribution < -0.4 is 0 Å². The van der Waals surface area contributed by atoms with Crippen molar-refractivity contribution in [3.63, 3.8) is 0 Å². The van der Waals surface area contributed by atoms with Gasteiger partial charge in [-0.1, -0.05) is 26.2 Å². The molecule has 0 N–H and O–H groups in total. The average molecular weight is 391 g/mol. The van der Waals surface area contributed by atoms with Crippen molar-refractivity contribution >= 4 is 112 Å². The van der Waals surface area contributed by atoms with E-state index >= 15 is 0 Å². The lowest BCUT2D eigenvalue weighted by Crippen LogP contribution is -2.23. The predicted molar refractivity (Wildman–Crippen MR) is 117 cm³/mol.